The van der Waals surface area contributed by atoms with Gasteiger partial charge in [0.2, 0.25) is 0 Å². The number of carbonyl (C=O) groups excluding carboxylic acids is 3. The lowest BCUT2D eigenvalue weighted by atomic mass is 10.1. The zero-order valence-electron chi connectivity index (χ0n) is 18.8. The number of hydrogen-bond acceptors (Lipinski definition) is 6. The van der Waals surface area contributed by atoms with E-state index >= 15 is 0 Å². The molecular formula is C24H27N3O5S. The third-order valence-electron chi connectivity index (χ3n) is 5.58. The van der Waals surface area contributed by atoms with Gasteiger partial charge < -0.3 is 20.1 Å². The van der Waals surface area contributed by atoms with Crippen molar-refractivity contribution in [3.05, 3.63) is 53.1 Å². The molecule has 2 aliphatic heterocycles. The summed E-state index contributed by atoms with van der Waals surface area (Å²) in [5.41, 5.74) is 1.43. The number of ether oxygens (including phenoxy) is 2. The molecule has 1 fully saturated rings. The molecule has 2 unspecified atom stereocenters. The SMILES string of the molecule is CCOc1cc2c(cc1CNC(=O)c1ccccc1SCC1(C)NC(=O)NC1=O)OC(C)C2. The molecular weight excluding hydrogens is 442 g/mol. The number of amides is 4. The van der Waals surface area contributed by atoms with E-state index in [1.54, 1.807) is 19.1 Å². The first kappa shape index (κ1) is 23.0. The van der Waals surface area contributed by atoms with Gasteiger partial charge in [0.1, 0.15) is 23.1 Å². The molecule has 4 amide bonds. The number of imide groups is 1. The van der Waals surface area contributed by atoms with E-state index in [-0.39, 0.29) is 24.5 Å². The minimum atomic E-state index is -1.03. The topological polar surface area (TPSA) is 106 Å². The van der Waals surface area contributed by atoms with Gasteiger partial charge >= 0.3 is 6.03 Å². The lowest BCUT2D eigenvalue weighted by Crippen LogP contribution is -2.46. The fourth-order valence-corrected chi connectivity index (χ4v) is 5.00. The summed E-state index contributed by atoms with van der Waals surface area (Å²) in [6.07, 6.45) is 0.959. The Balaban J connectivity index is 1.46. The number of nitrogens with one attached hydrogen (secondary N) is 3. The van der Waals surface area contributed by atoms with E-state index in [0.717, 1.165) is 33.9 Å². The van der Waals surface area contributed by atoms with Gasteiger partial charge in [0.05, 0.1) is 12.2 Å². The van der Waals surface area contributed by atoms with Crippen LogP contribution in [0.15, 0.2) is 41.3 Å². The molecule has 3 N–H and O–H groups in total. The minimum absolute atomic E-state index is 0.122. The zero-order valence-corrected chi connectivity index (χ0v) is 19.6. The van der Waals surface area contributed by atoms with Gasteiger partial charge in [0, 0.05) is 34.7 Å². The van der Waals surface area contributed by atoms with Crippen LogP contribution < -0.4 is 25.4 Å². The van der Waals surface area contributed by atoms with Crippen LogP contribution in [-0.2, 0) is 17.8 Å². The summed E-state index contributed by atoms with van der Waals surface area (Å²) in [7, 11) is 0. The average molecular weight is 470 g/mol. The molecule has 2 heterocycles. The molecule has 0 aromatic heterocycles. The molecule has 0 radical (unpaired) electrons. The summed E-state index contributed by atoms with van der Waals surface area (Å²) >= 11 is 1.35. The Kier molecular flexibility index (Phi) is 6.51. The quantitative estimate of drug-likeness (QED) is 0.405. The summed E-state index contributed by atoms with van der Waals surface area (Å²) in [5.74, 6) is 1.26. The highest BCUT2D eigenvalue weighted by atomic mass is 32.2. The first-order chi connectivity index (χ1) is 15.8. The minimum Gasteiger partial charge on any atom is -0.494 e. The summed E-state index contributed by atoms with van der Waals surface area (Å²) in [6.45, 7) is 6.43. The lowest BCUT2D eigenvalue weighted by Gasteiger charge is -2.20. The van der Waals surface area contributed by atoms with E-state index < -0.39 is 11.6 Å². The molecule has 33 heavy (non-hydrogen) atoms. The summed E-state index contributed by atoms with van der Waals surface area (Å²) < 4.78 is 11.7. The third kappa shape index (κ3) is 4.93. The van der Waals surface area contributed by atoms with Gasteiger partial charge in [-0.25, -0.2) is 4.79 Å². The Morgan fingerprint density at radius 2 is 2.09 bits per heavy atom. The second-order valence-electron chi connectivity index (χ2n) is 8.34. The van der Waals surface area contributed by atoms with E-state index in [0.29, 0.717) is 17.9 Å². The number of carbonyl (C=O) groups is 3. The molecule has 0 spiro atoms. The van der Waals surface area contributed by atoms with Gasteiger partial charge in [0.15, 0.2) is 0 Å². The van der Waals surface area contributed by atoms with Gasteiger partial charge in [-0.05, 0) is 45.0 Å². The summed E-state index contributed by atoms with van der Waals surface area (Å²) in [5, 5.41) is 7.87. The van der Waals surface area contributed by atoms with Crippen molar-refractivity contribution in [1.29, 1.82) is 0 Å². The second-order valence-corrected chi connectivity index (χ2v) is 9.36. The van der Waals surface area contributed by atoms with Crippen LogP contribution in [0.3, 0.4) is 0 Å². The van der Waals surface area contributed by atoms with E-state index in [4.69, 9.17) is 9.47 Å². The maximum absolute atomic E-state index is 13.0. The lowest BCUT2D eigenvalue weighted by molar-refractivity contribution is -0.122. The molecule has 174 valence electrons. The van der Waals surface area contributed by atoms with Crippen molar-refractivity contribution < 1.29 is 23.9 Å². The average Bonchev–Trinajstić information content (AvgIpc) is 3.27. The molecule has 2 aliphatic rings. The fourth-order valence-electron chi connectivity index (χ4n) is 3.86. The number of rotatable bonds is 8. The number of hydrogen-bond donors (Lipinski definition) is 3. The van der Waals surface area contributed by atoms with E-state index in [2.05, 4.69) is 16.0 Å². The van der Waals surface area contributed by atoms with Crippen LogP contribution in [0.25, 0.3) is 0 Å². The van der Waals surface area contributed by atoms with Crippen molar-refractivity contribution >= 4 is 29.6 Å². The molecule has 8 nitrogen and oxygen atoms in total. The molecule has 2 atom stereocenters. The second kappa shape index (κ2) is 9.35. The molecule has 0 aliphatic carbocycles. The molecule has 2 aromatic carbocycles. The number of thioether (sulfide) groups is 1. The monoisotopic (exact) mass is 469 g/mol. The Bertz CT molecular complexity index is 1110. The maximum Gasteiger partial charge on any atom is 0.322 e. The highest BCUT2D eigenvalue weighted by Gasteiger charge is 2.42. The van der Waals surface area contributed by atoms with E-state index in [1.165, 1.54) is 11.8 Å². The van der Waals surface area contributed by atoms with Gasteiger partial charge in [-0.3, -0.25) is 14.9 Å². The Morgan fingerprint density at radius 1 is 1.30 bits per heavy atom. The molecule has 2 aromatic rings. The van der Waals surface area contributed by atoms with Crippen LogP contribution >= 0.6 is 11.8 Å². The van der Waals surface area contributed by atoms with Gasteiger partial charge in [0.25, 0.3) is 11.8 Å². The van der Waals surface area contributed by atoms with Crippen molar-refractivity contribution in [2.45, 2.75) is 50.3 Å². The zero-order chi connectivity index (χ0) is 23.6. The van der Waals surface area contributed by atoms with Crippen LogP contribution in [0.1, 0.15) is 42.3 Å². The number of benzene rings is 2. The Labute approximate surface area is 196 Å². The smallest absolute Gasteiger partial charge is 0.322 e. The van der Waals surface area contributed by atoms with Crippen LogP contribution in [-0.4, -0.2) is 41.8 Å². The molecule has 9 heteroatoms. The van der Waals surface area contributed by atoms with Gasteiger partial charge in [-0.2, -0.15) is 0 Å². The number of fused-ring (bicyclic) bond motifs is 1. The van der Waals surface area contributed by atoms with Crippen molar-refractivity contribution in [3.63, 3.8) is 0 Å². The first-order valence-corrected chi connectivity index (χ1v) is 11.9. The predicted molar refractivity (Wildman–Crippen MR) is 125 cm³/mol. The van der Waals surface area contributed by atoms with Crippen LogP contribution in [0.4, 0.5) is 4.79 Å². The van der Waals surface area contributed by atoms with Crippen molar-refractivity contribution in [3.8, 4) is 11.5 Å². The first-order valence-electron chi connectivity index (χ1n) is 10.9. The van der Waals surface area contributed by atoms with Gasteiger partial charge in [-0.15, -0.1) is 11.8 Å². The fraction of sp³-hybridized carbons (Fsp3) is 0.375. The molecule has 0 saturated carbocycles. The third-order valence-corrected chi connectivity index (χ3v) is 6.97. The predicted octanol–water partition coefficient (Wildman–Crippen LogP) is 3.03. The standard InChI is InChI=1S/C24H27N3O5S/c1-4-31-18-10-15-9-14(2)32-19(15)11-16(18)12-25-21(28)17-7-5-6-8-20(17)33-13-24(3)22(29)26-23(30)27-24/h5-8,10-11,14H,4,9,12-13H2,1-3H3,(H,25,28)(H2,26,27,29,30). The normalized spacial score (nSPS) is 21.1. The van der Waals surface area contributed by atoms with Crippen molar-refractivity contribution in [2.75, 3.05) is 12.4 Å². The molecule has 1 saturated heterocycles. The molecule has 4 rings (SSSR count). The Hall–Kier alpha value is -3.20. The van der Waals surface area contributed by atoms with Crippen molar-refractivity contribution in [2.24, 2.45) is 0 Å². The number of urea groups is 1. The van der Waals surface area contributed by atoms with Crippen LogP contribution in [0.5, 0.6) is 11.5 Å². The van der Waals surface area contributed by atoms with Crippen molar-refractivity contribution in [1.82, 2.24) is 16.0 Å². The van der Waals surface area contributed by atoms with E-state index in [1.807, 2.05) is 38.1 Å². The highest BCUT2D eigenvalue weighted by Crippen LogP contribution is 2.35. The van der Waals surface area contributed by atoms with Gasteiger partial charge in [-0.1, -0.05) is 12.1 Å². The van der Waals surface area contributed by atoms with E-state index in [9.17, 15) is 14.4 Å². The van der Waals surface area contributed by atoms with Crippen LogP contribution in [0, 0.1) is 0 Å². The highest BCUT2D eigenvalue weighted by molar-refractivity contribution is 7.99. The Morgan fingerprint density at radius 3 is 2.82 bits per heavy atom. The largest absolute Gasteiger partial charge is 0.494 e. The summed E-state index contributed by atoms with van der Waals surface area (Å²) in [4.78, 5) is 37.3. The maximum atomic E-state index is 13.0. The molecule has 0 bridgehead atoms. The van der Waals surface area contributed by atoms with Crippen LogP contribution in [0.2, 0.25) is 0 Å². The summed E-state index contributed by atoms with van der Waals surface area (Å²) in [6, 6.07) is 10.6.